The fourth-order valence-electron chi connectivity index (χ4n) is 1.23. The van der Waals surface area contributed by atoms with Crippen LogP contribution >= 0.6 is 11.6 Å². The molecule has 0 spiro atoms. The highest BCUT2D eigenvalue weighted by molar-refractivity contribution is 6.31. The van der Waals surface area contributed by atoms with Gasteiger partial charge in [-0.15, -0.1) is 0 Å². The Morgan fingerprint density at radius 1 is 1.44 bits per heavy atom. The summed E-state index contributed by atoms with van der Waals surface area (Å²) in [5.41, 5.74) is 0.870. The quantitative estimate of drug-likeness (QED) is 0.791. The van der Waals surface area contributed by atoms with Gasteiger partial charge in [0.1, 0.15) is 0 Å². The maximum atomic E-state index is 11.8. The van der Waals surface area contributed by atoms with E-state index >= 15 is 0 Å². The molecule has 1 aromatic carbocycles. The van der Waals surface area contributed by atoms with E-state index in [0.717, 1.165) is 5.56 Å². The molecule has 0 radical (unpaired) electrons. The molecule has 0 bridgehead atoms. The highest BCUT2D eigenvalue weighted by atomic mass is 35.5. The molecular formula is C13H19ClN2O2. The summed E-state index contributed by atoms with van der Waals surface area (Å²) in [5.74, 6) is 0. The Kier molecular flexibility index (Phi) is 4.59. The van der Waals surface area contributed by atoms with E-state index < -0.39 is 11.6 Å². The molecule has 3 N–H and O–H groups in total. The van der Waals surface area contributed by atoms with Crippen molar-refractivity contribution < 1.29 is 9.90 Å². The third-order valence-electron chi connectivity index (χ3n) is 2.91. The molecule has 18 heavy (non-hydrogen) atoms. The first-order chi connectivity index (χ1) is 8.22. The lowest BCUT2D eigenvalue weighted by Crippen LogP contribution is -2.52. The molecule has 0 aliphatic carbocycles. The van der Waals surface area contributed by atoms with Gasteiger partial charge in [0.25, 0.3) is 0 Å². The van der Waals surface area contributed by atoms with Crippen LogP contribution in [0.2, 0.25) is 5.02 Å². The summed E-state index contributed by atoms with van der Waals surface area (Å²) in [5, 5.41) is 15.5. The number of hydrogen-bond acceptors (Lipinski definition) is 2. The molecule has 4 nitrogen and oxygen atoms in total. The molecule has 0 saturated heterocycles. The Morgan fingerprint density at radius 3 is 2.56 bits per heavy atom. The van der Waals surface area contributed by atoms with Crippen LogP contribution in [0.4, 0.5) is 10.5 Å². The standard InChI is InChI=1S/C13H19ClN2O2/c1-8-5-6-10(7-11(8)14)15-12(18)16-13(3,4)9(2)17/h5-7,9,17H,1-4H3,(H2,15,16,18). The molecule has 0 fully saturated rings. The van der Waals surface area contributed by atoms with Crippen molar-refractivity contribution in [3.05, 3.63) is 28.8 Å². The average molecular weight is 271 g/mol. The topological polar surface area (TPSA) is 61.4 Å². The lowest BCUT2D eigenvalue weighted by molar-refractivity contribution is 0.103. The minimum atomic E-state index is -0.696. The van der Waals surface area contributed by atoms with Gasteiger partial charge in [0.2, 0.25) is 0 Å². The second-order valence-corrected chi connectivity index (χ2v) is 5.35. The highest BCUT2D eigenvalue weighted by Gasteiger charge is 2.25. The van der Waals surface area contributed by atoms with E-state index in [1.54, 1.807) is 32.9 Å². The van der Waals surface area contributed by atoms with Crippen molar-refractivity contribution in [1.82, 2.24) is 5.32 Å². The van der Waals surface area contributed by atoms with Crippen LogP contribution in [0, 0.1) is 6.92 Å². The van der Waals surface area contributed by atoms with E-state index in [4.69, 9.17) is 11.6 Å². The number of aryl methyl sites for hydroxylation is 1. The zero-order valence-electron chi connectivity index (χ0n) is 11.0. The van der Waals surface area contributed by atoms with Gasteiger partial charge < -0.3 is 15.7 Å². The second-order valence-electron chi connectivity index (χ2n) is 4.94. The SMILES string of the molecule is Cc1ccc(NC(=O)NC(C)(C)C(C)O)cc1Cl. The van der Waals surface area contributed by atoms with Crippen molar-refractivity contribution in [2.45, 2.75) is 39.3 Å². The summed E-state index contributed by atoms with van der Waals surface area (Å²) < 4.78 is 0. The number of amides is 2. The number of aliphatic hydroxyl groups is 1. The lowest BCUT2D eigenvalue weighted by atomic mass is 9.99. The molecule has 0 aromatic heterocycles. The molecule has 100 valence electrons. The molecule has 0 aliphatic heterocycles. The van der Waals surface area contributed by atoms with Crippen LogP contribution in [0.1, 0.15) is 26.3 Å². The number of carbonyl (C=O) groups is 1. The summed E-state index contributed by atoms with van der Waals surface area (Å²) in [6, 6.07) is 4.92. The number of nitrogens with one attached hydrogen (secondary N) is 2. The molecule has 0 aliphatic rings. The number of carbonyl (C=O) groups excluding carboxylic acids is 1. The van der Waals surface area contributed by atoms with Crippen LogP contribution in [0.3, 0.4) is 0 Å². The molecule has 2 amide bonds. The molecule has 0 heterocycles. The Hall–Kier alpha value is -1.26. The summed E-state index contributed by atoms with van der Waals surface area (Å²) >= 11 is 5.97. The van der Waals surface area contributed by atoms with Crippen LogP contribution in [-0.4, -0.2) is 22.8 Å². The van der Waals surface area contributed by atoms with Crippen LogP contribution in [-0.2, 0) is 0 Å². The van der Waals surface area contributed by atoms with Gasteiger partial charge in [-0.3, -0.25) is 0 Å². The second kappa shape index (κ2) is 5.59. The largest absolute Gasteiger partial charge is 0.391 e. The van der Waals surface area contributed by atoms with Gasteiger partial charge >= 0.3 is 6.03 Å². The van der Waals surface area contributed by atoms with Crippen molar-refractivity contribution in [1.29, 1.82) is 0 Å². The summed E-state index contributed by atoms with van der Waals surface area (Å²) in [4.78, 5) is 11.8. The number of benzene rings is 1. The monoisotopic (exact) mass is 270 g/mol. The molecule has 1 aromatic rings. The normalized spacial score (nSPS) is 13.0. The molecule has 1 rings (SSSR count). The Bertz CT molecular complexity index is 445. The number of anilines is 1. The number of aliphatic hydroxyl groups excluding tert-OH is 1. The smallest absolute Gasteiger partial charge is 0.319 e. The summed E-state index contributed by atoms with van der Waals surface area (Å²) in [6.45, 7) is 7.02. The Labute approximate surface area is 112 Å². The lowest BCUT2D eigenvalue weighted by Gasteiger charge is -2.29. The van der Waals surface area contributed by atoms with E-state index in [-0.39, 0.29) is 6.03 Å². The van der Waals surface area contributed by atoms with E-state index in [1.165, 1.54) is 0 Å². The molecule has 0 saturated carbocycles. The van der Waals surface area contributed by atoms with E-state index in [9.17, 15) is 9.90 Å². The molecular weight excluding hydrogens is 252 g/mol. The minimum absolute atomic E-state index is 0.374. The Balaban J connectivity index is 2.68. The first-order valence-corrected chi connectivity index (χ1v) is 6.13. The zero-order chi connectivity index (χ0) is 13.9. The molecule has 1 atom stereocenters. The predicted molar refractivity (Wildman–Crippen MR) is 74.1 cm³/mol. The van der Waals surface area contributed by atoms with Crippen LogP contribution in [0.25, 0.3) is 0 Å². The van der Waals surface area contributed by atoms with Gasteiger partial charge in [-0.1, -0.05) is 17.7 Å². The van der Waals surface area contributed by atoms with Crippen molar-refractivity contribution in [2.24, 2.45) is 0 Å². The maximum absolute atomic E-state index is 11.8. The van der Waals surface area contributed by atoms with E-state index in [1.807, 2.05) is 13.0 Å². The number of rotatable bonds is 3. The van der Waals surface area contributed by atoms with Gasteiger partial charge in [-0.05, 0) is 45.4 Å². The van der Waals surface area contributed by atoms with Crippen molar-refractivity contribution in [3.8, 4) is 0 Å². The molecule has 5 heteroatoms. The van der Waals surface area contributed by atoms with Crippen LogP contribution in [0.15, 0.2) is 18.2 Å². The number of halogens is 1. The third kappa shape index (κ3) is 3.89. The first kappa shape index (κ1) is 14.8. The zero-order valence-corrected chi connectivity index (χ0v) is 11.8. The summed E-state index contributed by atoms with van der Waals surface area (Å²) in [6.07, 6.45) is -0.648. The average Bonchev–Trinajstić information content (AvgIpc) is 2.22. The fraction of sp³-hybridized carbons (Fsp3) is 0.462. The fourth-order valence-corrected chi connectivity index (χ4v) is 1.41. The van der Waals surface area contributed by atoms with Gasteiger partial charge in [0.15, 0.2) is 0 Å². The first-order valence-electron chi connectivity index (χ1n) is 5.76. The van der Waals surface area contributed by atoms with Crippen molar-refractivity contribution in [3.63, 3.8) is 0 Å². The van der Waals surface area contributed by atoms with Crippen LogP contribution in [0.5, 0.6) is 0 Å². The van der Waals surface area contributed by atoms with Crippen molar-refractivity contribution >= 4 is 23.3 Å². The minimum Gasteiger partial charge on any atom is -0.391 e. The number of hydrogen-bond donors (Lipinski definition) is 3. The Morgan fingerprint density at radius 2 is 2.06 bits per heavy atom. The van der Waals surface area contributed by atoms with E-state index in [0.29, 0.717) is 10.7 Å². The predicted octanol–water partition coefficient (Wildman–Crippen LogP) is 2.93. The number of urea groups is 1. The van der Waals surface area contributed by atoms with Crippen molar-refractivity contribution in [2.75, 3.05) is 5.32 Å². The molecule has 1 unspecified atom stereocenters. The highest BCUT2D eigenvalue weighted by Crippen LogP contribution is 2.20. The third-order valence-corrected chi connectivity index (χ3v) is 3.32. The van der Waals surface area contributed by atoms with Gasteiger partial charge in [-0.2, -0.15) is 0 Å². The van der Waals surface area contributed by atoms with Gasteiger partial charge in [-0.25, -0.2) is 4.79 Å². The van der Waals surface area contributed by atoms with Crippen LogP contribution < -0.4 is 10.6 Å². The summed E-state index contributed by atoms with van der Waals surface area (Å²) in [7, 11) is 0. The van der Waals surface area contributed by atoms with Gasteiger partial charge in [0, 0.05) is 10.7 Å². The maximum Gasteiger partial charge on any atom is 0.319 e. The van der Waals surface area contributed by atoms with Gasteiger partial charge in [0.05, 0.1) is 11.6 Å². The van der Waals surface area contributed by atoms with E-state index in [2.05, 4.69) is 10.6 Å².